The number of oxazole rings is 1. The number of aliphatic carboxylic acids is 1. The molecule has 0 aliphatic heterocycles. The second-order valence-corrected chi connectivity index (χ2v) is 8.68. The molecule has 0 amide bonds. The first-order valence-electron chi connectivity index (χ1n) is 11.5. The van der Waals surface area contributed by atoms with Crippen molar-refractivity contribution in [3.8, 4) is 5.75 Å². The predicted octanol–water partition coefficient (Wildman–Crippen LogP) is 6.09. The van der Waals surface area contributed by atoms with E-state index in [1.54, 1.807) is 13.8 Å². The average molecular weight is 439 g/mol. The number of anilines is 1. The summed E-state index contributed by atoms with van der Waals surface area (Å²) >= 11 is 0. The lowest BCUT2D eigenvalue weighted by molar-refractivity contribution is -0.152. The molecule has 0 radical (unpaired) electrons. The van der Waals surface area contributed by atoms with Gasteiger partial charge in [-0.3, -0.25) is 0 Å². The van der Waals surface area contributed by atoms with Gasteiger partial charge in [0.15, 0.2) is 11.2 Å². The molecule has 172 valence electrons. The Kier molecular flexibility index (Phi) is 8.14. The normalized spacial score (nSPS) is 11.6. The fraction of sp³-hybridized carbons (Fsp3) is 0.462. The number of rotatable bonds is 13. The molecule has 32 heavy (non-hydrogen) atoms. The van der Waals surface area contributed by atoms with Crippen molar-refractivity contribution in [2.24, 2.45) is 0 Å². The highest BCUT2D eigenvalue weighted by Gasteiger charge is 2.29. The van der Waals surface area contributed by atoms with Crippen LogP contribution in [0.2, 0.25) is 0 Å². The van der Waals surface area contributed by atoms with Gasteiger partial charge in [-0.2, -0.15) is 4.98 Å². The molecule has 3 aromatic rings. The van der Waals surface area contributed by atoms with E-state index in [1.807, 2.05) is 48.5 Å². The van der Waals surface area contributed by atoms with Gasteiger partial charge in [0.05, 0.1) is 0 Å². The Labute approximate surface area is 190 Å². The molecule has 0 saturated heterocycles. The summed E-state index contributed by atoms with van der Waals surface area (Å²) in [6.07, 6.45) is 6.67. The van der Waals surface area contributed by atoms with Crippen molar-refractivity contribution in [3.05, 3.63) is 54.1 Å². The van der Waals surface area contributed by atoms with E-state index < -0.39 is 11.6 Å². The number of carboxylic acids is 1. The van der Waals surface area contributed by atoms with Crippen LogP contribution in [-0.4, -0.2) is 34.8 Å². The van der Waals surface area contributed by atoms with E-state index in [0.717, 1.165) is 43.5 Å². The molecule has 1 heterocycles. The summed E-state index contributed by atoms with van der Waals surface area (Å²) in [7, 11) is 0. The van der Waals surface area contributed by atoms with Crippen LogP contribution in [0, 0.1) is 0 Å². The number of benzene rings is 2. The van der Waals surface area contributed by atoms with E-state index >= 15 is 0 Å². The quantitative estimate of drug-likeness (QED) is 0.326. The number of unbranched alkanes of at least 4 members (excludes halogenated alkanes) is 3. The van der Waals surface area contributed by atoms with Gasteiger partial charge in [0.25, 0.3) is 6.01 Å². The van der Waals surface area contributed by atoms with Crippen molar-refractivity contribution in [2.75, 3.05) is 18.0 Å². The highest BCUT2D eigenvalue weighted by Crippen LogP contribution is 2.23. The standard InChI is InChI=1S/C26H34N2O4/c1-4-5-6-9-18-28(25-27-22-12-7-8-13-23(22)31-25)19-10-11-20-14-16-21(17-15-20)32-26(2,3)24(29)30/h7-8,12-17H,4-6,9-11,18-19H2,1-3H3,(H,29,30). The van der Waals surface area contributed by atoms with E-state index in [4.69, 9.17) is 14.1 Å². The Bertz CT molecular complexity index is 961. The molecule has 0 unspecified atom stereocenters. The predicted molar refractivity (Wildman–Crippen MR) is 127 cm³/mol. The summed E-state index contributed by atoms with van der Waals surface area (Å²) in [5.74, 6) is -0.426. The molecule has 0 fully saturated rings. The van der Waals surface area contributed by atoms with Crippen LogP contribution in [0.4, 0.5) is 6.01 Å². The van der Waals surface area contributed by atoms with Gasteiger partial charge in [0.2, 0.25) is 0 Å². The molecule has 0 atom stereocenters. The maximum absolute atomic E-state index is 11.2. The fourth-order valence-corrected chi connectivity index (χ4v) is 3.56. The molecule has 0 bridgehead atoms. The zero-order valence-electron chi connectivity index (χ0n) is 19.3. The minimum atomic E-state index is -1.25. The third kappa shape index (κ3) is 6.49. The first-order chi connectivity index (χ1) is 15.4. The first-order valence-corrected chi connectivity index (χ1v) is 11.5. The van der Waals surface area contributed by atoms with Crippen LogP contribution in [0.15, 0.2) is 52.9 Å². The molecule has 0 spiro atoms. The topological polar surface area (TPSA) is 75.8 Å². The summed E-state index contributed by atoms with van der Waals surface area (Å²) in [6, 6.07) is 16.2. The lowest BCUT2D eigenvalue weighted by atomic mass is 10.1. The monoisotopic (exact) mass is 438 g/mol. The van der Waals surface area contributed by atoms with Gasteiger partial charge in [0, 0.05) is 13.1 Å². The molecule has 0 aliphatic rings. The van der Waals surface area contributed by atoms with Gasteiger partial charge in [0.1, 0.15) is 11.3 Å². The summed E-state index contributed by atoms with van der Waals surface area (Å²) in [6.45, 7) is 7.11. The number of nitrogens with zero attached hydrogens (tertiary/aromatic N) is 2. The van der Waals surface area contributed by atoms with Crippen LogP contribution in [0.1, 0.15) is 58.4 Å². The smallest absolute Gasteiger partial charge is 0.347 e. The summed E-state index contributed by atoms with van der Waals surface area (Å²) < 4.78 is 11.6. The van der Waals surface area contributed by atoms with E-state index in [0.29, 0.717) is 11.8 Å². The van der Waals surface area contributed by atoms with Crippen LogP contribution in [0.3, 0.4) is 0 Å². The third-order valence-electron chi connectivity index (χ3n) is 5.54. The SMILES string of the molecule is CCCCCCN(CCCc1ccc(OC(C)(C)C(=O)O)cc1)c1nc2ccccc2o1. The van der Waals surface area contributed by atoms with Crippen molar-refractivity contribution in [1.82, 2.24) is 4.98 Å². The summed E-state index contributed by atoms with van der Waals surface area (Å²) in [4.78, 5) is 18.2. The molecule has 6 nitrogen and oxygen atoms in total. The van der Waals surface area contributed by atoms with E-state index in [-0.39, 0.29) is 0 Å². The van der Waals surface area contributed by atoms with Gasteiger partial charge < -0.3 is 19.2 Å². The number of carboxylic acid groups (broad SMARTS) is 1. The Morgan fingerprint density at radius 1 is 1.03 bits per heavy atom. The zero-order chi connectivity index (χ0) is 23.0. The van der Waals surface area contributed by atoms with Gasteiger partial charge in [-0.05, 0) is 62.9 Å². The van der Waals surface area contributed by atoms with E-state index in [2.05, 4.69) is 11.8 Å². The second-order valence-electron chi connectivity index (χ2n) is 8.68. The highest BCUT2D eigenvalue weighted by molar-refractivity contribution is 5.76. The summed E-state index contributed by atoms with van der Waals surface area (Å²) in [5, 5.41) is 9.21. The molecule has 1 N–H and O–H groups in total. The largest absolute Gasteiger partial charge is 0.478 e. The number of para-hydroxylation sites is 2. The molecule has 3 rings (SSSR count). The van der Waals surface area contributed by atoms with E-state index in [1.165, 1.54) is 24.8 Å². The van der Waals surface area contributed by atoms with Crippen LogP contribution >= 0.6 is 0 Å². The Hall–Kier alpha value is -3.02. The van der Waals surface area contributed by atoms with Crippen molar-refractivity contribution in [1.29, 1.82) is 0 Å². The molecule has 1 aromatic heterocycles. The number of aryl methyl sites for hydroxylation is 1. The zero-order valence-corrected chi connectivity index (χ0v) is 19.3. The summed E-state index contributed by atoms with van der Waals surface area (Å²) in [5.41, 5.74) is 1.65. The number of carbonyl (C=O) groups is 1. The van der Waals surface area contributed by atoms with Crippen molar-refractivity contribution in [3.63, 3.8) is 0 Å². The Morgan fingerprint density at radius 2 is 1.75 bits per heavy atom. The van der Waals surface area contributed by atoms with Crippen LogP contribution in [0.25, 0.3) is 11.1 Å². The second kappa shape index (κ2) is 11.0. The van der Waals surface area contributed by atoms with Gasteiger partial charge in [-0.15, -0.1) is 0 Å². The first kappa shape index (κ1) is 23.6. The van der Waals surface area contributed by atoms with Crippen molar-refractivity contribution in [2.45, 2.75) is 64.9 Å². The average Bonchev–Trinajstić information content (AvgIpc) is 3.20. The number of fused-ring (bicyclic) bond motifs is 1. The van der Waals surface area contributed by atoms with Gasteiger partial charge in [-0.25, -0.2) is 4.79 Å². The lowest BCUT2D eigenvalue weighted by Gasteiger charge is -2.22. The van der Waals surface area contributed by atoms with Gasteiger partial charge >= 0.3 is 5.97 Å². The molecule has 0 saturated carbocycles. The Morgan fingerprint density at radius 3 is 2.44 bits per heavy atom. The van der Waals surface area contributed by atoms with E-state index in [9.17, 15) is 9.90 Å². The highest BCUT2D eigenvalue weighted by atomic mass is 16.5. The maximum atomic E-state index is 11.2. The fourth-order valence-electron chi connectivity index (χ4n) is 3.56. The molecule has 6 heteroatoms. The minimum absolute atomic E-state index is 0.560. The van der Waals surface area contributed by atoms with Gasteiger partial charge in [-0.1, -0.05) is 50.5 Å². The number of hydrogen-bond donors (Lipinski definition) is 1. The van der Waals surface area contributed by atoms with Crippen molar-refractivity contribution < 1.29 is 19.1 Å². The van der Waals surface area contributed by atoms with Crippen molar-refractivity contribution >= 4 is 23.1 Å². The molecule has 0 aliphatic carbocycles. The van der Waals surface area contributed by atoms with Crippen LogP contribution in [0.5, 0.6) is 5.75 Å². The number of aromatic nitrogens is 1. The molecular weight excluding hydrogens is 404 g/mol. The van der Waals surface area contributed by atoms with Crippen LogP contribution in [-0.2, 0) is 11.2 Å². The maximum Gasteiger partial charge on any atom is 0.347 e. The lowest BCUT2D eigenvalue weighted by Crippen LogP contribution is -2.37. The Balaban J connectivity index is 1.58. The minimum Gasteiger partial charge on any atom is -0.478 e. The molecular formula is C26H34N2O4. The molecule has 2 aromatic carbocycles. The van der Waals surface area contributed by atoms with Crippen LogP contribution < -0.4 is 9.64 Å². The number of hydrogen-bond acceptors (Lipinski definition) is 5. The third-order valence-corrected chi connectivity index (χ3v) is 5.54. The number of ether oxygens (including phenoxy) is 1.